The van der Waals surface area contributed by atoms with Gasteiger partial charge < -0.3 is 5.73 Å². The van der Waals surface area contributed by atoms with Crippen LogP contribution in [-0.2, 0) is 0 Å². The highest BCUT2D eigenvalue weighted by molar-refractivity contribution is 9.10. The molecular formula is C13H17BrClN. The van der Waals surface area contributed by atoms with Gasteiger partial charge in [-0.1, -0.05) is 43.0 Å². The van der Waals surface area contributed by atoms with Crippen LogP contribution >= 0.6 is 27.5 Å². The molecule has 1 saturated carbocycles. The standard InChI is InChI=1S/C13H17BrClN/c14-11-8-4-7-10(12(11)15)13(16)9-5-2-1-3-6-9/h4,7-9,13H,1-3,5-6,16H2. The van der Waals surface area contributed by atoms with Crippen LogP contribution in [0.5, 0.6) is 0 Å². The van der Waals surface area contributed by atoms with Gasteiger partial charge in [0.1, 0.15) is 0 Å². The van der Waals surface area contributed by atoms with Crippen molar-refractivity contribution in [3.63, 3.8) is 0 Å². The SMILES string of the molecule is NC(c1cccc(Br)c1Cl)C1CCCCC1. The molecule has 0 amide bonds. The summed E-state index contributed by atoms with van der Waals surface area (Å²) in [4.78, 5) is 0. The van der Waals surface area contributed by atoms with E-state index in [1.54, 1.807) is 0 Å². The lowest BCUT2D eigenvalue weighted by atomic mass is 9.81. The predicted molar refractivity (Wildman–Crippen MR) is 72.7 cm³/mol. The molecule has 0 spiro atoms. The Bertz CT molecular complexity index is 361. The first-order chi connectivity index (χ1) is 7.70. The topological polar surface area (TPSA) is 26.0 Å². The second-order valence-electron chi connectivity index (χ2n) is 4.57. The van der Waals surface area contributed by atoms with Crippen molar-refractivity contribution < 1.29 is 0 Å². The first kappa shape index (κ1) is 12.4. The molecule has 0 radical (unpaired) electrons. The maximum absolute atomic E-state index is 6.33. The fourth-order valence-electron chi connectivity index (χ4n) is 2.53. The number of hydrogen-bond donors (Lipinski definition) is 1. The number of hydrogen-bond acceptors (Lipinski definition) is 1. The van der Waals surface area contributed by atoms with Gasteiger partial charge in [0.2, 0.25) is 0 Å². The molecule has 0 saturated heterocycles. The van der Waals surface area contributed by atoms with Gasteiger partial charge in [0, 0.05) is 10.5 Å². The second-order valence-corrected chi connectivity index (χ2v) is 5.80. The van der Waals surface area contributed by atoms with Gasteiger partial charge in [-0.15, -0.1) is 0 Å². The first-order valence-electron chi connectivity index (χ1n) is 5.89. The minimum Gasteiger partial charge on any atom is -0.324 e. The van der Waals surface area contributed by atoms with E-state index < -0.39 is 0 Å². The van der Waals surface area contributed by atoms with E-state index in [1.807, 2.05) is 18.2 Å². The molecule has 1 unspecified atom stereocenters. The Morgan fingerprint density at radius 1 is 1.25 bits per heavy atom. The van der Waals surface area contributed by atoms with Crippen molar-refractivity contribution in [1.29, 1.82) is 0 Å². The van der Waals surface area contributed by atoms with Crippen LogP contribution in [0.1, 0.15) is 43.7 Å². The van der Waals surface area contributed by atoms with Crippen molar-refractivity contribution in [3.05, 3.63) is 33.3 Å². The van der Waals surface area contributed by atoms with Gasteiger partial charge in [0.15, 0.2) is 0 Å². The van der Waals surface area contributed by atoms with E-state index >= 15 is 0 Å². The normalized spacial score (nSPS) is 19.7. The zero-order valence-electron chi connectivity index (χ0n) is 9.26. The van der Waals surface area contributed by atoms with E-state index in [0.29, 0.717) is 5.92 Å². The molecule has 0 heterocycles. The molecule has 1 aromatic carbocycles. The van der Waals surface area contributed by atoms with Crippen molar-refractivity contribution >= 4 is 27.5 Å². The molecule has 0 aliphatic heterocycles. The summed E-state index contributed by atoms with van der Waals surface area (Å²) in [5.41, 5.74) is 7.42. The van der Waals surface area contributed by atoms with Gasteiger partial charge in [0.05, 0.1) is 5.02 Å². The molecule has 3 heteroatoms. The van der Waals surface area contributed by atoms with Crippen molar-refractivity contribution in [2.45, 2.75) is 38.1 Å². The number of nitrogens with two attached hydrogens (primary N) is 1. The maximum Gasteiger partial charge on any atom is 0.0595 e. The Hall–Kier alpha value is -0.0500. The van der Waals surface area contributed by atoms with Crippen LogP contribution in [0.3, 0.4) is 0 Å². The van der Waals surface area contributed by atoms with Gasteiger partial charge in [-0.2, -0.15) is 0 Å². The molecule has 2 N–H and O–H groups in total. The van der Waals surface area contributed by atoms with E-state index in [1.165, 1.54) is 32.1 Å². The van der Waals surface area contributed by atoms with Gasteiger partial charge in [0.25, 0.3) is 0 Å². The molecule has 0 bridgehead atoms. The van der Waals surface area contributed by atoms with Crippen LogP contribution in [-0.4, -0.2) is 0 Å². The van der Waals surface area contributed by atoms with Crippen LogP contribution in [0.25, 0.3) is 0 Å². The van der Waals surface area contributed by atoms with E-state index in [2.05, 4.69) is 15.9 Å². The van der Waals surface area contributed by atoms with Crippen molar-refractivity contribution in [2.75, 3.05) is 0 Å². The molecule has 1 aliphatic carbocycles. The molecule has 16 heavy (non-hydrogen) atoms. The van der Waals surface area contributed by atoms with Crippen molar-refractivity contribution in [2.24, 2.45) is 11.7 Å². The zero-order valence-corrected chi connectivity index (χ0v) is 11.6. The Kier molecular flexibility index (Phi) is 4.28. The van der Waals surface area contributed by atoms with Crippen LogP contribution in [0, 0.1) is 5.92 Å². The number of halogens is 2. The quantitative estimate of drug-likeness (QED) is 0.843. The third-order valence-corrected chi connectivity index (χ3v) is 4.81. The van der Waals surface area contributed by atoms with Gasteiger partial charge in [-0.3, -0.25) is 0 Å². The Morgan fingerprint density at radius 2 is 1.94 bits per heavy atom. The monoisotopic (exact) mass is 301 g/mol. The maximum atomic E-state index is 6.33. The third-order valence-electron chi connectivity index (χ3n) is 3.50. The molecule has 1 nitrogen and oxygen atoms in total. The van der Waals surface area contributed by atoms with Crippen LogP contribution in [0.2, 0.25) is 5.02 Å². The van der Waals surface area contributed by atoms with Crippen molar-refractivity contribution in [3.8, 4) is 0 Å². The summed E-state index contributed by atoms with van der Waals surface area (Å²) in [5, 5.41) is 0.778. The van der Waals surface area contributed by atoms with E-state index in [4.69, 9.17) is 17.3 Å². The highest BCUT2D eigenvalue weighted by atomic mass is 79.9. The van der Waals surface area contributed by atoms with Gasteiger partial charge >= 0.3 is 0 Å². The molecule has 1 aliphatic rings. The fraction of sp³-hybridized carbons (Fsp3) is 0.538. The molecule has 0 aromatic heterocycles. The van der Waals surface area contributed by atoms with Gasteiger partial charge in [-0.05, 0) is 46.3 Å². The minimum atomic E-state index is 0.0882. The highest BCUT2D eigenvalue weighted by Crippen LogP contribution is 2.37. The van der Waals surface area contributed by atoms with E-state index in [0.717, 1.165) is 15.1 Å². The minimum absolute atomic E-state index is 0.0882. The lowest BCUT2D eigenvalue weighted by Gasteiger charge is -2.28. The molecule has 2 rings (SSSR count). The van der Waals surface area contributed by atoms with Crippen LogP contribution in [0.15, 0.2) is 22.7 Å². The Labute approximate surface area is 110 Å². The summed E-state index contributed by atoms with van der Waals surface area (Å²) in [6.45, 7) is 0. The molecule has 1 aromatic rings. The lowest BCUT2D eigenvalue weighted by Crippen LogP contribution is -2.23. The molecule has 1 fully saturated rings. The second kappa shape index (κ2) is 5.52. The van der Waals surface area contributed by atoms with Crippen LogP contribution < -0.4 is 5.73 Å². The van der Waals surface area contributed by atoms with Gasteiger partial charge in [-0.25, -0.2) is 0 Å². The summed E-state index contributed by atoms with van der Waals surface area (Å²) >= 11 is 9.73. The summed E-state index contributed by atoms with van der Waals surface area (Å²) in [7, 11) is 0. The number of benzene rings is 1. The van der Waals surface area contributed by atoms with E-state index in [-0.39, 0.29) is 6.04 Å². The zero-order chi connectivity index (χ0) is 11.5. The Balaban J connectivity index is 2.19. The summed E-state index contributed by atoms with van der Waals surface area (Å²) in [6, 6.07) is 6.10. The fourth-order valence-corrected chi connectivity index (χ4v) is 3.16. The summed E-state index contributed by atoms with van der Waals surface area (Å²) in [6.07, 6.45) is 6.46. The smallest absolute Gasteiger partial charge is 0.0595 e. The first-order valence-corrected chi connectivity index (χ1v) is 7.06. The number of rotatable bonds is 2. The molecule has 1 atom stereocenters. The lowest BCUT2D eigenvalue weighted by molar-refractivity contribution is 0.308. The van der Waals surface area contributed by atoms with Crippen molar-refractivity contribution in [1.82, 2.24) is 0 Å². The average molecular weight is 303 g/mol. The average Bonchev–Trinajstić information content (AvgIpc) is 2.33. The molecule has 88 valence electrons. The third kappa shape index (κ3) is 2.61. The largest absolute Gasteiger partial charge is 0.324 e. The van der Waals surface area contributed by atoms with E-state index in [9.17, 15) is 0 Å². The predicted octanol–water partition coefficient (Wildman–Crippen LogP) is 4.68. The van der Waals surface area contributed by atoms with Crippen LogP contribution in [0.4, 0.5) is 0 Å². The summed E-state index contributed by atoms with van der Waals surface area (Å²) in [5.74, 6) is 0.598. The summed E-state index contributed by atoms with van der Waals surface area (Å²) < 4.78 is 0.943. The highest BCUT2D eigenvalue weighted by Gasteiger charge is 2.23. The molecular weight excluding hydrogens is 286 g/mol. The Morgan fingerprint density at radius 3 is 2.62 bits per heavy atom.